The van der Waals surface area contributed by atoms with Crippen LogP contribution >= 0.6 is 0 Å². The SMILES string of the molecule is Cc1ccccc1C(O)c1cc(C(F)(F)F)ccc1N. The van der Waals surface area contributed by atoms with Crippen LogP contribution < -0.4 is 5.73 Å². The molecule has 0 amide bonds. The van der Waals surface area contributed by atoms with E-state index in [0.29, 0.717) is 5.56 Å². The fraction of sp³-hybridized carbons (Fsp3) is 0.200. The summed E-state index contributed by atoms with van der Waals surface area (Å²) >= 11 is 0. The van der Waals surface area contributed by atoms with E-state index in [2.05, 4.69) is 0 Å². The minimum absolute atomic E-state index is 0.0640. The number of alkyl halides is 3. The summed E-state index contributed by atoms with van der Waals surface area (Å²) in [6.07, 6.45) is -5.65. The number of hydrogen-bond acceptors (Lipinski definition) is 2. The summed E-state index contributed by atoms with van der Waals surface area (Å²) in [5, 5.41) is 10.3. The Kier molecular flexibility index (Phi) is 3.72. The number of aliphatic hydroxyl groups excluding tert-OH is 1. The Morgan fingerprint density at radius 1 is 1.05 bits per heavy atom. The van der Waals surface area contributed by atoms with Crippen LogP contribution in [-0.4, -0.2) is 5.11 Å². The van der Waals surface area contributed by atoms with Gasteiger partial charge in [-0.15, -0.1) is 0 Å². The molecule has 2 aromatic carbocycles. The van der Waals surface area contributed by atoms with Crippen molar-refractivity contribution in [2.24, 2.45) is 0 Å². The Morgan fingerprint density at radius 2 is 1.70 bits per heavy atom. The molecule has 3 N–H and O–H groups in total. The molecule has 1 unspecified atom stereocenters. The standard InChI is InChI=1S/C15H14F3NO/c1-9-4-2-3-5-11(9)14(20)12-8-10(15(16,17)18)6-7-13(12)19/h2-8,14,20H,19H2,1H3. The van der Waals surface area contributed by atoms with Gasteiger partial charge in [-0.1, -0.05) is 24.3 Å². The highest BCUT2D eigenvalue weighted by atomic mass is 19.4. The highest BCUT2D eigenvalue weighted by Crippen LogP contribution is 2.35. The van der Waals surface area contributed by atoms with Gasteiger partial charge in [0.2, 0.25) is 0 Å². The van der Waals surface area contributed by atoms with Gasteiger partial charge in [-0.05, 0) is 36.2 Å². The lowest BCUT2D eigenvalue weighted by Gasteiger charge is -2.18. The topological polar surface area (TPSA) is 46.2 Å². The maximum absolute atomic E-state index is 12.7. The van der Waals surface area contributed by atoms with Crippen molar-refractivity contribution in [2.45, 2.75) is 19.2 Å². The second-order valence-corrected chi connectivity index (χ2v) is 4.60. The molecule has 0 aliphatic heterocycles. The summed E-state index contributed by atoms with van der Waals surface area (Å²) in [7, 11) is 0. The highest BCUT2D eigenvalue weighted by molar-refractivity contribution is 5.53. The van der Waals surface area contributed by atoms with E-state index in [4.69, 9.17) is 5.73 Å². The van der Waals surface area contributed by atoms with E-state index >= 15 is 0 Å². The molecule has 0 fully saturated rings. The quantitative estimate of drug-likeness (QED) is 0.825. The van der Waals surface area contributed by atoms with Gasteiger partial charge in [0, 0.05) is 11.3 Å². The molecular formula is C15H14F3NO. The fourth-order valence-corrected chi connectivity index (χ4v) is 2.05. The molecule has 0 aromatic heterocycles. The van der Waals surface area contributed by atoms with Crippen molar-refractivity contribution in [1.82, 2.24) is 0 Å². The zero-order chi connectivity index (χ0) is 14.9. The van der Waals surface area contributed by atoms with Crippen molar-refractivity contribution >= 4 is 5.69 Å². The van der Waals surface area contributed by atoms with E-state index < -0.39 is 17.8 Å². The lowest BCUT2D eigenvalue weighted by Crippen LogP contribution is -2.10. The molecule has 0 aliphatic rings. The second-order valence-electron chi connectivity index (χ2n) is 4.60. The van der Waals surface area contributed by atoms with Crippen molar-refractivity contribution in [3.8, 4) is 0 Å². The maximum atomic E-state index is 12.7. The fourth-order valence-electron chi connectivity index (χ4n) is 2.05. The smallest absolute Gasteiger partial charge is 0.398 e. The van der Waals surface area contributed by atoms with E-state index in [1.165, 1.54) is 6.07 Å². The zero-order valence-corrected chi connectivity index (χ0v) is 10.8. The second kappa shape index (κ2) is 5.17. The molecule has 0 saturated carbocycles. The van der Waals surface area contributed by atoms with Gasteiger partial charge >= 0.3 is 6.18 Å². The third-order valence-corrected chi connectivity index (χ3v) is 3.19. The average molecular weight is 281 g/mol. The lowest BCUT2D eigenvalue weighted by molar-refractivity contribution is -0.137. The molecule has 5 heteroatoms. The van der Waals surface area contributed by atoms with Crippen LogP contribution in [-0.2, 0) is 6.18 Å². The van der Waals surface area contributed by atoms with Crippen LogP contribution in [0.3, 0.4) is 0 Å². The molecule has 0 saturated heterocycles. The van der Waals surface area contributed by atoms with Gasteiger partial charge in [0.25, 0.3) is 0 Å². The van der Waals surface area contributed by atoms with Gasteiger partial charge in [-0.2, -0.15) is 13.2 Å². The average Bonchev–Trinajstić information content (AvgIpc) is 2.37. The van der Waals surface area contributed by atoms with E-state index in [0.717, 1.165) is 17.7 Å². The molecule has 20 heavy (non-hydrogen) atoms. The molecular weight excluding hydrogens is 267 g/mol. The Balaban J connectivity index is 2.50. The van der Waals surface area contributed by atoms with Gasteiger partial charge in [0.1, 0.15) is 6.10 Å². The maximum Gasteiger partial charge on any atom is 0.416 e. The summed E-state index contributed by atoms with van der Waals surface area (Å²) < 4.78 is 38.2. The van der Waals surface area contributed by atoms with E-state index in [-0.39, 0.29) is 11.3 Å². The van der Waals surface area contributed by atoms with Crippen LogP contribution in [0.1, 0.15) is 28.4 Å². The molecule has 106 valence electrons. The third kappa shape index (κ3) is 2.77. The van der Waals surface area contributed by atoms with Crippen molar-refractivity contribution in [3.05, 3.63) is 64.7 Å². The molecule has 2 nitrogen and oxygen atoms in total. The van der Waals surface area contributed by atoms with Crippen molar-refractivity contribution in [2.75, 3.05) is 5.73 Å². The Hall–Kier alpha value is -2.01. The van der Waals surface area contributed by atoms with Gasteiger partial charge in [0.15, 0.2) is 0 Å². The Labute approximate surface area is 114 Å². The van der Waals surface area contributed by atoms with Crippen LogP contribution in [0.25, 0.3) is 0 Å². The Morgan fingerprint density at radius 3 is 2.30 bits per heavy atom. The molecule has 0 radical (unpaired) electrons. The van der Waals surface area contributed by atoms with Crippen molar-refractivity contribution in [1.29, 1.82) is 0 Å². The number of benzene rings is 2. The first-order valence-corrected chi connectivity index (χ1v) is 6.01. The van der Waals surface area contributed by atoms with Crippen LogP contribution in [0, 0.1) is 6.92 Å². The molecule has 2 rings (SSSR count). The lowest BCUT2D eigenvalue weighted by atomic mass is 9.95. The number of hydrogen-bond donors (Lipinski definition) is 2. The predicted octanol–water partition coefficient (Wildman–Crippen LogP) is 3.68. The summed E-state index contributed by atoms with van der Waals surface area (Å²) in [6.45, 7) is 1.78. The highest BCUT2D eigenvalue weighted by Gasteiger charge is 2.31. The zero-order valence-electron chi connectivity index (χ0n) is 10.8. The van der Waals surface area contributed by atoms with Gasteiger partial charge in [-0.3, -0.25) is 0 Å². The number of nitrogen functional groups attached to an aromatic ring is 1. The van der Waals surface area contributed by atoms with Crippen molar-refractivity contribution < 1.29 is 18.3 Å². The van der Waals surface area contributed by atoms with Crippen LogP contribution in [0.15, 0.2) is 42.5 Å². The normalized spacial score (nSPS) is 13.2. The first-order valence-electron chi connectivity index (χ1n) is 6.01. The summed E-state index contributed by atoms with van der Waals surface area (Å²) in [6, 6.07) is 9.92. The third-order valence-electron chi connectivity index (χ3n) is 3.19. The van der Waals surface area contributed by atoms with Gasteiger partial charge < -0.3 is 10.8 Å². The first-order chi connectivity index (χ1) is 9.30. The van der Waals surface area contributed by atoms with E-state index in [9.17, 15) is 18.3 Å². The number of anilines is 1. The molecule has 0 heterocycles. The number of nitrogens with two attached hydrogens (primary N) is 1. The van der Waals surface area contributed by atoms with Crippen molar-refractivity contribution in [3.63, 3.8) is 0 Å². The summed E-state index contributed by atoms with van der Waals surface area (Å²) in [4.78, 5) is 0. The van der Waals surface area contributed by atoms with Gasteiger partial charge in [-0.25, -0.2) is 0 Å². The minimum Gasteiger partial charge on any atom is -0.398 e. The number of rotatable bonds is 2. The molecule has 1 atom stereocenters. The van der Waals surface area contributed by atoms with Crippen LogP contribution in [0.4, 0.5) is 18.9 Å². The monoisotopic (exact) mass is 281 g/mol. The predicted molar refractivity (Wildman–Crippen MR) is 71.1 cm³/mol. The molecule has 0 spiro atoms. The molecule has 2 aromatic rings. The summed E-state index contributed by atoms with van der Waals surface area (Å²) in [5.74, 6) is 0. The van der Waals surface area contributed by atoms with Crippen LogP contribution in [0.5, 0.6) is 0 Å². The van der Waals surface area contributed by atoms with Gasteiger partial charge in [0.05, 0.1) is 5.56 Å². The summed E-state index contributed by atoms with van der Waals surface area (Å²) in [5.41, 5.74) is 6.40. The minimum atomic E-state index is -4.46. The van der Waals surface area contributed by atoms with E-state index in [1.807, 2.05) is 0 Å². The number of aliphatic hydroxyl groups is 1. The first kappa shape index (κ1) is 14.4. The van der Waals surface area contributed by atoms with Crippen LogP contribution in [0.2, 0.25) is 0 Å². The Bertz CT molecular complexity index is 623. The van der Waals surface area contributed by atoms with E-state index in [1.54, 1.807) is 31.2 Å². The molecule has 0 bridgehead atoms. The molecule has 0 aliphatic carbocycles. The number of halogens is 3. The largest absolute Gasteiger partial charge is 0.416 e. The number of aryl methyl sites for hydroxylation is 1.